The minimum atomic E-state index is 0.401. The second kappa shape index (κ2) is 7.77. The number of rotatable bonds is 7. The fourth-order valence-corrected chi connectivity index (χ4v) is 3.90. The van der Waals surface area contributed by atoms with Gasteiger partial charge in [0.15, 0.2) is 0 Å². The first-order chi connectivity index (χ1) is 10.2. The summed E-state index contributed by atoms with van der Waals surface area (Å²) < 4.78 is 0. The minimum absolute atomic E-state index is 0.401. The number of aryl methyl sites for hydroxylation is 1. The van der Waals surface area contributed by atoms with Crippen molar-refractivity contribution in [3.8, 4) is 0 Å². The van der Waals surface area contributed by atoms with Crippen molar-refractivity contribution in [2.75, 3.05) is 6.54 Å². The van der Waals surface area contributed by atoms with E-state index < -0.39 is 0 Å². The van der Waals surface area contributed by atoms with Gasteiger partial charge >= 0.3 is 0 Å². The second-order valence-electron chi connectivity index (χ2n) is 5.79. The minimum Gasteiger partial charge on any atom is -0.310 e. The van der Waals surface area contributed by atoms with Gasteiger partial charge in [-0.05, 0) is 42.0 Å². The van der Waals surface area contributed by atoms with E-state index in [2.05, 4.69) is 74.8 Å². The Morgan fingerprint density at radius 3 is 2.33 bits per heavy atom. The highest BCUT2D eigenvalue weighted by molar-refractivity contribution is 7.10. The van der Waals surface area contributed by atoms with E-state index >= 15 is 0 Å². The monoisotopic (exact) mass is 301 g/mol. The van der Waals surface area contributed by atoms with E-state index in [4.69, 9.17) is 0 Å². The first-order valence-corrected chi connectivity index (χ1v) is 8.89. The average Bonchev–Trinajstić information content (AvgIpc) is 2.93. The third kappa shape index (κ3) is 3.75. The van der Waals surface area contributed by atoms with Gasteiger partial charge in [0.05, 0.1) is 0 Å². The molecule has 3 unspecified atom stereocenters. The molecule has 0 radical (unpaired) electrons. The lowest BCUT2D eigenvalue weighted by Crippen LogP contribution is -2.30. The second-order valence-corrected chi connectivity index (χ2v) is 6.91. The van der Waals surface area contributed by atoms with Crippen molar-refractivity contribution < 1.29 is 0 Å². The van der Waals surface area contributed by atoms with Gasteiger partial charge in [-0.15, -0.1) is 11.3 Å². The van der Waals surface area contributed by atoms with E-state index in [1.54, 1.807) is 0 Å². The molecule has 2 heteroatoms. The molecule has 0 aliphatic carbocycles. The maximum atomic E-state index is 3.75. The van der Waals surface area contributed by atoms with Crippen LogP contribution in [-0.4, -0.2) is 6.54 Å². The standard InChI is InChI=1S/C19H27NS/c1-5-14(3)18(16-10-8-7-9-11-16)19(20-6-2)17-12-13-21-15(17)4/h7-14,18-20H,5-6H2,1-4H3. The molecule has 2 aromatic rings. The van der Waals surface area contributed by atoms with Gasteiger partial charge in [0.2, 0.25) is 0 Å². The lowest BCUT2D eigenvalue weighted by atomic mass is 9.77. The Hall–Kier alpha value is -1.12. The molecule has 3 atom stereocenters. The molecule has 0 spiro atoms. The summed E-state index contributed by atoms with van der Waals surface area (Å²) in [4.78, 5) is 1.44. The number of nitrogens with one attached hydrogen (secondary N) is 1. The molecule has 2 rings (SSSR count). The Morgan fingerprint density at radius 1 is 1.10 bits per heavy atom. The van der Waals surface area contributed by atoms with Gasteiger partial charge in [-0.3, -0.25) is 0 Å². The predicted molar refractivity (Wildman–Crippen MR) is 94.1 cm³/mol. The smallest absolute Gasteiger partial charge is 0.0403 e. The number of likely N-dealkylation sites (N-methyl/N-ethyl adjacent to an activating group) is 1. The largest absolute Gasteiger partial charge is 0.310 e. The summed E-state index contributed by atoms with van der Waals surface area (Å²) in [6.45, 7) is 10.1. The third-order valence-electron chi connectivity index (χ3n) is 4.46. The van der Waals surface area contributed by atoms with Crippen LogP contribution >= 0.6 is 11.3 Å². The quantitative estimate of drug-likeness (QED) is 0.708. The molecule has 0 saturated heterocycles. The first kappa shape index (κ1) is 16.3. The molecule has 0 bridgehead atoms. The molecule has 0 amide bonds. The van der Waals surface area contributed by atoms with Crippen molar-refractivity contribution in [1.82, 2.24) is 5.32 Å². The molecule has 0 fully saturated rings. The molecular formula is C19H27NS. The first-order valence-electron chi connectivity index (χ1n) is 8.01. The Morgan fingerprint density at radius 2 is 1.81 bits per heavy atom. The van der Waals surface area contributed by atoms with Crippen LogP contribution in [0.4, 0.5) is 0 Å². The van der Waals surface area contributed by atoms with Crippen molar-refractivity contribution in [3.05, 3.63) is 57.8 Å². The van der Waals surface area contributed by atoms with Crippen LogP contribution in [0.3, 0.4) is 0 Å². The maximum Gasteiger partial charge on any atom is 0.0403 e. The SMILES string of the molecule is CCNC(c1ccsc1C)C(c1ccccc1)C(C)CC. The van der Waals surface area contributed by atoms with Crippen molar-refractivity contribution in [2.45, 2.75) is 46.1 Å². The van der Waals surface area contributed by atoms with E-state index in [0.29, 0.717) is 17.9 Å². The summed E-state index contributed by atoms with van der Waals surface area (Å²) in [5, 5.41) is 5.96. The van der Waals surface area contributed by atoms with E-state index in [0.717, 1.165) is 6.54 Å². The van der Waals surface area contributed by atoms with E-state index in [1.807, 2.05) is 11.3 Å². The molecule has 1 N–H and O–H groups in total. The van der Waals surface area contributed by atoms with E-state index in [9.17, 15) is 0 Å². The molecule has 0 aliphatic rings. The van der Waals surface area contributed by atoms with Gasteiger partial charge in [-0.2, -0.15) is 0 Å². The van der Waals surface area contributed by atoms with Crippen LogP contribution in [0.25, 0.3) is 0 Å². The molecule has 0 saturated carbocycles. The molecule has 1 aromatic carbocycles. The number of hydrogen-bond acceptors (Lipinski definition) is 2. The van der Waals surface area contributed by atoms with E-state index in [-0.39, 0.29) is 0 Å². The van der Waals surface area contributed by atoms with Crippen molar-refractivity contribution in [2.24, 2.45) is 5.92 Å². The zero-order valence-electron chi connectivity index (χ0n) is 13.6. The fourth-order valence-electron chi connectivity index (χ4n) is 3.15. The highest BCUT2D eigenvalue weighted by Gasteiger charge is 2.29. The zero-order valence-corrected chi connectivity index (χ0v) is 14.4. The van der Waals surface area contributed by atoms with Gasteiger partial charge in [0, 0.05) is 16.8 Å². The topological polar surface area (TPSA) is 12.0 Å². The Bertz CT molecular complexity index is 532. The number of benzene rings is 1. The number of hydrogen-bond donors (Lipinski definition) is 1. The molecular weight excluding hydrogens is 274 g/mol. The van der Waals surface area contributed by atoms with Crippen LogP contribution in [-0.2, 0) is 0 Å². The summed E-state index contributed by atoms with van der Waals surface area (Å²) in [5.41, 5.74) is 2.92. The molecule has 21 heavy (non-hydrogen) atoms. The van der Waals surface area contributed by atoms with Crippen molar-refractivity contribution >= 4 is 11.3 Å². The summed E-state index contributed by atoms with van der Waals surface area (Å²) in [6, 6.07) is 13.7. The summed E-state index contributed by atoms with van der Waals surface area (Å²) in [5.74, 6) is 1.17. The van der Waals surface area contributed by atoms with Crippen LogP contribution < -0.4 is 5.32 Å². The van der Waals surface area contributed by atoms with Crippen LogP contribution in [0.1, 0.15) is 55.2 Å². The van der Waals surface area contributed by atoms with Crippen LogP contribution in [0.2, 0.25) is 0 Å². The average molecular weight is 301 g/mol. The lowest BCUT2D eigenvalue weighted by Gasteiger charge is -2.33. The molecule has 0 aliphatic heterocycles. The Balaban J connectivity index is 2.43. The van der Waals surface area contributed by atoms with Gasteiger partial charge < -0.3 is 5.32 Å². The van der Waals surface area contributed by atoms with Crippen LogP contribution in [0.15, 0.2) is 41.8 Å². The molecule has 114 valence electrons. The summed E-state index contributed by atoms with van der Waals surface area (Å²) in [7, 11) is 0. The number of thiophene rings is 1. The van der Waals surface area contributed by atoms with Crippen molar-refractivity contribution in [3.63, 3.8) is 0 Å². The normalized spacial score (nSPS) is 15.6. The van der Waals surface area contributed by atoms with Crippen molar-refractivity contribution in [1.29, 1.82) is 0 Å². The third-order valence-corrected chi connectivity index (χ3v) is 5.32. The van der Waals surface area contributed by atoms with Crippen LogP contribution in [0.5, 0.6) is 0 Å². The van der Waals surface area contributed by atoms with Gasteiger partial charge in [-0.25, -0.2) is 0 Å². The maximum absolute atomic E-state index is 3.75. The molecule has 1 aromatic heterocycles. The van der Waals surface area contributed by atoms with Gasteiger partial charge in [0.25, 0.3) is 0 Å². The molecule has 1 nitrogen and oxygen atoms in total. The Kier molecular flexibility index (Phi) is 6.01. The van der Waals surface area contributed by atoms with E-state index in [1.165, 1.54) is 22.4 Å². The highest BCUT2D eigenvalue weighted by Crippen LogP contribution is 2.40. The molecule has 1 heterocycles. The Labute approximate surface area is 133 Å². The van der Waals surface area contributed by atoms with Gasteiger partial charge in [0.1, 0.15) is 0 Å². The fraction of sp³-hybridized carbons (Fsp3) is 0.474. The zero-order chi connectivity index (χ0) is 15.2. The van der Waals surface area contributed by atoms with Crippen LogP contribution in [0, 0.1) is 12.8 Å². The summed E-state index contributed by atoms with van der Waals surface area (Å²) in [6.07, 6.45) is 1.20. The summed E-state index contributed by atoms with van der Waals surface area (Å²) >= 11 is 1.85. The van der Waals surface area contributed by atoms with Gasteiger partial charge in [-0.1, -0.05) is 57.5 Å². The lowest BCUT2D eigenvalue weighted by molar-refractivity contribution is 0.344. The highest BCUT2D eigenvalue weighted by atomic mass is 32.1. The predicted octanol–water partition coefficient (Wildman–Crippen LogP) is 5.54.